The Morgan fingerprint density at radius 3 is 2.80 bits per heavy atom. The van der Waals surface area contributed by atoms with Crippen LogP contribution in [0.25, 0.3) is 0 Å². The number of benzene rings is 1. The summed E-state index contributed by atoms with van der Waals surface area (Å²) in [5.41, 5.74) is 8.06. The summed E-state index contributed by atoms with van der Waals surface area (Å²) in [5.74, 6) is 1.09. The van der Waals surface area contributed by atoms with Gasteiger partial charge in [-0.25, -0.2) is 4.99 Å². The lowest BCUT2D eigenvalue weighted by molar-refractivity contribution is 0.815. The van der Waals surface area contributed by atoms with Crippen LogP contribution in [0.3, 0.4) is 0 Å². The van der Waals surface area contributed by atoms with E-state index in [4.69, 9.17) is 5.73 Å². The van der Waals surface area contributed by atoms with E-state index in [0.717, 1.165) is 10.6 Å². The van der Waals surface area contributed by atoms with Crippen LogP contribution in [-0.2, 0) is 0 Å². The average molecular weight is 221 g/mol. The molecule has 0 unspecified atom stereocenters. The highest BCUT2D eigenvalue weighted by molar-refractivity contribution is 7.97. The topological polar surface area (TPSA) is 41.6 Å². The second-order valence-corrected chi connectivity index (χ2v) is 5.11. The van der Waals surface area contributed by atoms with Crippen LogP contribution in [0.15, 0.2) is 28.1 Å². The number of fused-ring (bicyclic) bond motifs is 1. The van der Waals surface area contributed by atoms with Crippen LogP contribution in [-0.4, -0.2) is 17.3 Å². The highest BCUT2D eigenvalue weighted by Gasteiger charge is 2.15. The number of rotatable bonds is 1. The Morgan fingerprint density at radius 1 is 1.40 bits per heavy atom. The lowest BCUT2D eigenvalue weighted by Gasteiger charge is -2.23. The molecule has 0 atom stereocenters. The van der Waals surface area contributed by atoms with Crippen molar-refractivity contribution < 1.29 is 0 Å². The van der Waals surface area contributed by atoms with E-state index in [9.17, 15) is 0 Å². The first-order valence-electron chi connectivity index (χ1n) is 4.97. The fourth-order valence-corrected chi connectivity index (χ4v) is 2.20. The Labute approximate surface area is 94.5 Å². The van der Waals surface area contributed by atoms with Crippen LogP contribution >= 0.6 is 11.9 Å². The number of aliphatic imine (C=N–C) groups is 1. The van der Waals surface area contributed by atoms with E-state index in [1.807, 2.05) is 11.4 Å². The van der Waals surface area contributed by atoms with Crippen molar-refractivity contribution in [3.05, 3.63) is 23.8 Å². The Morgan fingerprint density at radius 2 is 2.13 bits per heavy atom. The van der Waals surface area contributed by atoms with Gasteiger partial charge in [-0.05, 0) is 35.6 Å². The van der Waals surface area contributed by atoms with Gasteiger partial charge < -0.3 is 5.73 Å². The molecule has 1 aromatic rings. The van der Waals surface area contributed by atoms with Crippen molar-refractivity contribution in [3.8, 4) is 0 Å². The van der Waals surface area contributed by atoms with Gasteiger partial charge in [0.25, 0.3) is 0 Å². The third-order valence-electron chi connectivity index (χ3n) is 2.44. The molecule has 2 rings (SSSR count). The molecule has 0 fully saturated rings. The maximum absolute atomic E-state index is 5.77. The zero-order chi connectivity index (χ0) is 11.0. The van der Waals surface area contributed by atoms with Crippen molar-refractivity contribution in [3.63, 3.8) is 0 Å². The lowest BCUT2D eigenvalue weighted by atomic mass is 10.0. The molecule has 0 saturated heterocycles. The molecule has 0 spiro atoms. The van der Waals surface area contributed by atoms with Crippen LogP contribution < -0.4 is 5.73 Å². The van der Waals surface area contributed by atoms with Crippen LogP contribution in [0.2, 0.25) is 0 Å². The maximum atomic E-state index is 5.77. The van der Waals surface area contributed by atoms with E-state index in [0.29, 0.717) is 11.9 Å². The summed E-state index contributed by atoms with van der Waals surface area (Å²) in [6.45, 7) is 4.35. The van der Waals surface area contributed by atoms with Crippen molar-refractivity contribution >= 4 is 23.6 Å². The molecule has 80 valence electrons. The van der Waals surface area contributed by atoms with Gasteiger partial charge in [-0.15, -0.1) is 0 Å². The van der Waals surface area contributed by atoms with Gasteiger partial charge in [0.05, 0.1) is 10.6 Å². The van der Waals surface area contributed by atoms with Gasteiger partial charge in [-0.2, -0.15) is 0 Å². The molecular weight excluding hydrogens is 206 g/mol. The zero-order valence-electron chi connectivity index (χ0n) is 9.19. The molecule has 0 radical (unpaired) electrons. The Kier molecular flexibility index (Phi) is 2.61. The maximum Gasteiger partial charge on any atom is 0.206 e. The van der Waals surface area contributed by atoms with E-state index in [1.165, 1.54) is 5.56 Å². The summed E-state index contributed by atoms with van der Waals surface area (Å²) in [4.78, 5) is 5.53. The first-order valence-corrected chi connectivity index (χ1v) is 5.75. The molecule has 2 N–H and O–H groups in total. The third kappa shape index (κ3) is 1.95. The van der Waals surface area contributed by atoms with Gasteiger partial charge in [0.2, 0.25) is 5.96 Å². The van der Waals surface area contributed by atoms with E-state index in [1.54, 1.807) is 11.9 Å². The number of guanidine groups is 1. The molecule has 0 saturated carbocycles. The van der Waals surface area contributed by atoms with E-state index in [-0.39, 0.29) is 0 Å². The van der Waals surface area contributed by atoms with E-state index < -0.39 is 0 Å². The van der Waals surface area contributed by atoms with Crippen molar-refractivity contribution in [1.82, 2.24) is 4.31 Å². The minimum absolute atomic E-state index is 0.524. The summed E-state index contributed by atoms with van der Waals surface area (Å²) in [7, 11) is 1.92. The predicted octanol–water partition coefficient (Wildman–Crippen LogP) is 2.71. The Balaban J connectivity index is 2.44. The van der Waals surface area contributed by atoms with Gasteiger partial charge in [-0.3, -0.25) is 4.31 Å². The van der Waals surface area contributed by atoms with E-state index in [2.05, 4.69) is 37.0 Å². The molecule has 0 bridgehead atoms. The van der Waals surface area contributed by atoms with Gasteiger partial charge in [0.1, 0.15) is 0 Å². The molecule has 1 aromatic carbocycles. The zero-order valence-corrected chi connectivity index (χ0v) is 10.0. The molecule has 3 nitrogen and oxygen atoms in total. The minimum Gasteiger partial charge on any atom is -0.369 e. The fraction of sp³-hybridized carbons (Fsp3) is 0.364. The second kappa shape index (κ2) is 3.77. The van der Waals surface area contributed by atoms with Crippen LogP contribution in [0.1, 0.15) is 25.3 Å². The molecule has 15 heavy (non-hydrogen) atoms. The standard InChI is InChI=1S/C11H15N3S/c1-7(2)8-4-5-10-9(6-8)13-11(12)14(3)15-10/h4-7H,1-3H3,(H2,12,13). The molecule has 4 heteroatoms. The van der Waals surface area contributed by atoms with Gasteiger partial charge in [0, 0.05) is 7.05 Å². The van der Waals surface area contributed by atoms with Crippen molar-refractivity contribution in [1.29, 1.82) is 0 Å². The highest BCUT2D eigenvalue weighted by Crippen LogP contribution is 2.36. The first kappa shape index (κ1) is 10.4. The van der Waals surface area contributed by atoms with Gasteiger partial charge >= 0.3 is 0 Å². The summed E-state index contributed by atoms with van der Waals surface area (Å²) >= 11 is 1.62. The quantitative estimate of drug-likeness (QED) is 0.741. The number of hydrogen-bond acceptors (Lipinski definition) is 4. The second-order valence-electron chi connectivity index (χ2n) is 3.94. The smallest absolute Gasteiger partial charge is 0.206 e. The monoisotopic (exact) mass is 221 g/mol. The summed E-state index contributed by atoms with van der Waals surface area (Å²) in [5, 5.41) is 0. The minimum atomic E-state index is 0.524. The highest BCUT2D eigenvalue weighted by atomic mass is 32.2. The molecule has 0 aliphatic carbocycles. The van der Waals surface area contributed by atoms with E-state index >= 15 is 0 Å². The number of hydrogen-bond donors (Lipinski definition) is 1. The van der Waals surface area contributed by atoms with Crippen molar-refractivity contribution in [2.45, 2.75) is 24.7 Å². The predicted molar refractivity (Wildman–Crippen MR) is 65.4 cm³/mol. The molecule has 0 aromatic heterocycles. The summed E-state index contributed by atoms with van der Waals surface area (Å²) in [6, 6.07) is 6.38. The summed E-state index contributed by atoms with van der Waals surface area (Å²) in [6.07, 6.45) is 0. The largest absolute Gasteiger partial charge is 0.369 e. The fourth-order valence-electron chi connectivity index (χ4n) is 1.45. The molecule has 0 amide bonds. The van der Waals surface area contributed by atoms with Crippen molar-refractivity contribution in [2.24, 2.45) is 10.7 Å². The van der Waals surface area contributed by atoms with Crippen molar-refractivity contribution in [2.75, 3.05) is 7.05 Å². The lowest BCUT2D eigenvalue weighted by Crippen LogP contribution is -2.29. The Hall–Kier alpha value is -1.16. The third-order valence-corrected chi connectivity index (χ3v) is 3.45. The molecule has 1 heterocycles. The van der Waals surface area contributed by atoms with Gasteiger partial charge in [0.15, 0.2) is 0 Å². The number of nitrogens with zero attached hydrogens (tertiary/aromatic N) is 2. The molecular formula is C11H15N3S. The van der Waals surface area contributed by atoms with Crippen LogP contribution in [0.4, 0.5) is 5.69 Å². The molecule has 1 aliphatic heterocycles. The normalized spacial score (nSPS) is 15.2. The average Bonchev–Trinajstić information content (AvgIpc) is 2.19. The Bertz CT molecular complexity index is 412. The first-order chi connectivity index (χ1) is 7.08. The SMILES string of the molecule is CC(C)c1ccc2c(c1)N=C(N)N(C)S2. The van der Waals surface area contributed by atoms with Gasteiger partial charge in [-0.1, -0.05) is 19.9 Å². The summed E-state index contributed by atoms with van der Waals surface area (Å²) < 4.78 is 1.87. The molecule has 1 aliphatic rings. The van der Waals surface area contributed by atoms with Crippen LogP contribution in [0, 0.1) is 0 Å². The van der Waals surface area contributed by atoms with Crippen LogP contribution in [0.5, 0.6) is 0 Å². The number of nitrogens with two attached hydrogens (primary N) is 1.